The molecule has 0 heterocycles. The molecule has 0 fully saturated rings. The topological polar surface area (TPSA) is 163 Å². The summed E-state index contributed by atoms with van der Waals surface area (Å²) in [5.74, 6) is -1.77. The molecule has 6 N–H and O–H groups in total. The van der Waals surface area contributed by atoms with Crippen molar-refractivity contribution in [3.8, 4) is 0 Å². The molecule has 0 bridgehead atoms. The third kappa shape index (κ3) is 10.5. The Morgan fingerprint density at radius 1 is 0.914 bits per heavy atom. The summed E-state index contributed by atoms with van der Waals surface area (Å²) in [5.41, 5.74) is 7.37. The zero-order valence-electron chi connectivity index (χ0n) is 19.6. The smallest absolute Gasteiger partial charge is 0.307 e. The van der Waals surface area contributed by atoms with Crippen molar-refractivity contribution in [2.45, 2.75) is 45.2 Å². The minimum absolute atomic E-state index is 0.0781. The lowest BCUT2D eigenvalue weighted by molar-refractivity contribution is -0.144. The van der Waals surface area contributed by atoms with Crippen LogP contribution in [-0.2, 0) is 30.5 Å². The third-order valence-corrected chi connectivity index (χ3v) is 4.91. The standard InChI is InChI=1S/C25H31N5O5/c1-2-35-24(34)15-20(14-23(33)28-16-17-6-4-3-5-7-17)30-22(32)13-12-21(31)29-19-10-8-18(9-11-19)25(26)27/h3-11,20H,2,12-16H2,1H3,(H3,26,27)(H,28,33)(H,29,31)(H,30,32). The molecule has 0 saturated carbocycles. The van der Waals surface area contributed by atoms with Gasteiger partial charge in [-0.1, -0.05) is 30.3 Å². The Morgan fingerprint density at radius 3 is 2.20 bits per heavy atom. The first kappa shape index (κ1) is 27.0. The molecule has 2 aromatic rings. The van der Waals surface area contributed by atoms with E-state index in [9.17, 15) is 19.2 Å². The van der Waals surface area contributed by atoms with Crippen LogP contribution in [-0.4, -0.2) is 42.2 Å². The molecular formula is C25H31N5O5. The second-order valence-corrected chi connectivity index (χ2v) is 7.78. The lowest BCUT2D eigenvalue weighted by Gasteiger charge is -2.18. The van der Waals surface area contributed by atoms with E-state index in [1.54, 1.807) is 31.2 Å². The van der Waals surface area contributed by atoms with Gasteiger partial charge in [-0.3, -0.25) is 24.6 Å². The number of hydrogen-bond donors (Lipinski definition) is 5. The fourth-order valence-corrected chi connectivity index (χ4v) is 3.17. The second kappa shape index (κ2) is 14.1. The molecular weight excluding hydrogens is 450 g/mol. The Bertz CT molecular complexity index is 1020. The number of amidine groups is 1. The Morgan fingerprint density at radius 2 is 1.57 bits per heavy atom. The number of nitrogen functional groups attached to an aromatic ring is 1. The van der Waals surface area contributed by atoms with Crippen LogP contribution in [0.15, 0.2) is 54.6 Å². The van der Waals surface area contributed by atoms with Gasteiger partial charge in [0.15, 0.2) is 0 Å². The van der Waals surface area contributed by atoms with Crippen molar-refractivity contribution in [1.82, 2.24) is 10.6 Å². The molecule has 2 aromatic carbocycles. The van der Waals surface area contributed by atoms with E-state index in [1.807, 2.05) is 30.3 Å². The predicted molar refractivity (Wildman–Crippen MR) is 131 cm³/mol. The minimum atomic E-state index is -0.764. The second-order valence-electron chi connectivity index (χ2n) is 7.78. The summed E-state index contributed by atoms with van der Waals surface area (Å²) >= 11 is 0. The van der Waals surface area contributed by atoms with E-state index in [1.165, 1.54) is 0 Å². The molecule has 35 heavy (non-hydrogen) atoms. The zero-order valence-corrected chi connectivity index (χ0v) is 19.6. The molecule has 0 aliphatic heterocycles. The minimum Gasteiger partial charge on any atom is -0.466 e. The molecule has 0 aliphatic carbocycles. The van der Waals surface area contributed by atoms with E-state index < -0.39 is 17.9 Å². The van der Waals surface area contributed by atoms with Gasteiger partial charge in [-0.05, 0) is 36.8 Å². The van der Waals surface area contributed by atoms with E-state index in [4.69, 9.17) is 15.9 Å². The Labute approximate surface area is 204 Å². The van der Waals surface area contributed by atoms with Gasteiger partial charge in [0.2, 0.25) is 17.7 Å². The van der Waals surface area contributed by atoms with Crippen molar-refractivity contribution < 1.29 is 23.9 Å². The number of anilines is 1. The van der Waals surface area contributed by atoms with Gasteiger partial charge in [0.05, 0.1) is 13.0 Å². The molecule has 0 saturated heterocycles. The lowest BCUT2D eigenvalue weighted by Crippen LogP contribution is -2.41. The van der Waals surface area contributed by atoms with Gasteiger partial charge in [-0.2, -0.15) is 0 Å². The van der Waals surface area contributed by atoms with Gasteiger partial charge in [0.1, 0.15) is 5.84 Å². The van der Waals surface area contributed by atoms with Gasteiger partial charge >= 0.3 is 5.97 Å². The van der Waals surface area contributed by atoms with Crippen LogP contribution in [0.2, 0.25) is 0 Å². The fraction of sp³-hybridized carbons (Fsp3) is 0.320. The van der Waals surface area contributed by atoms with Gasteiger partial charge in [-0.15, -0.1) is 0 Å². The first-order valence-corrected chi connectivity index (χ1v) is 11.3. The van der Waals surface area contributed by atoms with Gasteiger partial charge < -0.3 is 26.4 Å². The summed E-state index contributed by atoms with van der Waals surface area (Å²) in [5, 5.41) is 15.5. The monoisotopic (exact) mass is 481 g/mol. The van der Waals surface area contributed by atoms with Crippen LogP contribution < -0.4 is 21.7 Å². The molecule has 2 rings (SSSR count). The highest BCUT2D eigenvalue weighted by Crippen LogP contribution is 2.10. The number of nitrogens with one attached hydrogen (secondary N) is 4. The summed E-state index contributed by atoms with van der Waals surface area (Å²) in [4.78, 5) is 48.9. The number of rotatable bonds is 13. The van der Waals surface area contributed by atoms with Gasteiger partial charge in [-0.25, -0.2) is 0 Å². The Balaban J connectivity index is 1.84. The first-order valence-electron chi connectivity index (χ1n) is 11.3. The quantitative estimate of drug-likeness (QED) is 0.166. The molecule has 0 aromatic heterocycles. The maximum absolute atomic E-state index is 12.4. The number of benzene rings is 2. The van der Waals surface area contributed by atoms with Gasteiger partial charge in [0, 0.05) is 43.1 Å². The SMILES string of the molecule is CCOC(=O)CC(CC(=O)NCc1ccccc1)NC(=O)CCC(=O)Nc1ccc(C(=N)N)cc1. The molecule has 0 radical (unpaired) electrons. The van der Waals surface area contributed by atoms with Crippen LogP contribution in [0.3, 0.4) is 0 Å². The van der Waals surface area contributed by atoms with Crippen LogP contribution in [0.1, 0.15) is 43.7 Å². The molecule has 0 aliphatic rings. The van der Waals surface area contributed by atoms with E-state index in [0.717, 1.165) is 5.56 Å². The van der Waals surface area contributed by atoms with Crippen LogP contribution in [0, 0.1) is 5.41 Å². The Hall–Kier alpha value is -4.21. The Kier molecular flexibility index (Phi) is 10.9. The average Bonchev–Trinajstić information content (AvgIpc) is 2.82. The van der Waals surface area contributed by atoms with Crippen LogP contribution in [0.25, 0.3) is 0 Å². The third-order valence-electron chi connectivity index (χ3n) is 4.91. The molecule has 0 spiro atoms. The van der Waals surface area contributed by atoms with Crippen molar-refractivity contribution in [3.05, 3.63) is 65.7 Å². The molecule has 10 nitrogen and oxygen atoms in total. The van der Waals surface area contributed by atoms with Crippen molar-refractivity contribution in [1.29, 1.82) is 5.41 Å². The summed E-state index contributed by atoms with van der Waals surface area (Å²) in [6, 6.07) is 15.0. The zero-order chi connectivity index (χ0) is 25.6. The normalized spacial score (nSPS) is 11.1. The molecule has 1 unspecified atom stereocenters. The number of ether oxygens (including phenoxy) is 1. The highest BCUT2D eigenvalue weighted by atomic mass is 16.5. The van der Waals surface area contributed by atoms with Crippen molar-refractivity contribution in [2.75, 3.05) is 11.9 Å². The van der Waals surface area contributed by atoms with Crippen molar-refractivity contribution in [3.63, 3.8) is 0 Å². The highest BCUT2D eigenvalue weighted by molar-refractivity contribution is 5.96. The summed E-state index contributed by atoms with van der Waals surface area (Å²) in [6.45, 7) is 2.19. The molecule has 10 heteroatoms. The van der Waals surface area contributed by atoms with E-state index in [2.05, 4.69) is 16.0 Å². The van der Waals surface area contributed by atoms with Crippen LogP contribution >= 0.6 is 0 Å². The average molecular weight is 482 g/mol. The van der Waals surface area contributed by atoms with Crippen molar-refractivity contribution in [2.24, 2.45) is 5.73 Å². The maximum Gasteiger partial charge on any atom is 0.307 e. The number of amides is 3. The maximum atomic E-state index is 12.4. The summed E-state index contributed by atoms with van der Waals surface area (Å²) in [6.07, 6.45) is -0.478. The van der Waals surface area contributed by atoms with Crippen LogP contribution in [0.5, 0.6) is 0 Å². The predicted octanol–water partition coefficient (Wildman–Crippen LogP) is 1.83. The number of hydrogen-bond acceptors (Lipinski definition) is 6. The van der Waals surface area contributed by atoms with E-state index in [0.29, 0.717) is 17.8 Å². The lowest BCUT2D eigenvalue weighted by atomic mass is 10.1. The summed E-state index contributed by atoms with van der Waals surface area (Å²) in [7, 11) is 0. The van der Waals surface area contributed by atoms with E-state index in [-0.39, 0.29) is 49.9 Å². The molecule has 3 amide bonds. The number of carbonyl (C=O) groups excluding carboxylic acids is 4. The number of nitrogens with two attached hydrogens (primary N) is 1. The van der Waals surface area contributed by atoms with Crippen LogP contribution in [0.4, 0.5) is 5.69 Å². The summed E-state index contributed by atoms with van der Waals surface area (Å²) < 4.78 is 4.95. The molecule has 186 valence electrons. The number of carbonyl (C=O) groups is 4. The fourth-order valence-electron chi connectivity index (χ4n) is 3.17. The van der Waals surface area contributed by atoms with Crippen molar-refractivity contribution >= 4 is 35.2 Å². The first-order chi connectivity index (χ1) is 16.8. The highest BCUT2D eigenvalue weighted by Gasteiger charge is 2.21. The molecule has 1 atom stereocenters. The largest absolute Gasteiger partial charge is 0.466 e. The van der Waals surface area contributed by atoms with Gasteiger partial charge in [0.25, 0.3) is 0 Å². The number of esters is 1. The van der Waals surface area contributed by atoms with E-state index >= 15 is 0 Å².